The van der Waals surface area contributed by atoms with Gasteiger partial charge in [-0.2, -0.15) is 5.10 Å². The fraction of sp³-hybridized carbons (Fsp3) is 0.100. The monoisotopic (exact) mass is 257 g/mol. The summed E-state index contributed by atoms with van der Waals surface area (Å²) in [6.07, 6.45) is 0.516. The summed E-state index contributed by atoms with van der Waals surface area (Å²) in [5.74, 6) is 0.309. The first-order chi connectivity index (χ1) is 7.61. The average Bonchev–Trinajstić information content (AvgIpc) is 2.68. The number of aliphatic hydroxyl groups excluding tert-OH is 1. The normalized spacial score (nSPS) is 12.7. The van der Waals surface area contributed by atoms with Crippen LogP contribution in [0.3, 0.4) is 0 Å². The number of aliphatic hydroxyl groups is 1. The lowest BCUT2D eigenvalue weighted by molar-refractivity contribution is 0.221. The van der Waals surface area contributed by atoms with E-state index in [-0.39, 0.29) is 0 Å². The Morgan fingerprint density at radius 2 is 2.06 bits per heavy atom. The van der Waals surface area contributed by atoms with Crippen molar-refractivity contribution >= 4 is 29.0 Å². The maximum atomic E-state index is 10.1. The number of aromatic nitrogens is 2. The Morgan fingerprint density at radius 3 is 2.69 bits per heavy atom. The van der Waals surface area contributed by atoms with Crippen molar-refractivity contribution in [3.05, 3.63) is 45.6 Å². The van der Waals surface area contributed by atoms with Gasteiger partial charge in [-0.1, -0.05) is 35.3 Å². The first-order valence-corrected chi connectivity index (χ1v) is 5.27. The van der Waals surface area contributed by atoms with Crippen LogP contribution in [0.25, 0.3) is 0 Å². The number of nitrogen functional groups attached to an aromatic ring is 1. The summed E-state index contributed by atoms with van der Waals surface area (Å²) in [4.78, 5) is 0. The average molecular weight is 258 g/mol. The molecule has 0 spiro atoms. The van der Waals surface area contributed by atoms with Crippen LogP contribution in [0.5, 0.6) is 0 Å². The molecule has 0 saturated carbocycles. The van der Waals surface area contributed by atoms with Crippen molar-refractivity contribution in [2.45, 2.75) is 6.10 Å². The van der Waals surface area contributed by atoms with Gasteiger partial charge in [0.05, 0.1) is 16.2 Å². The van der Waals surface area contributed by atoms with Gasteiger partial charge in [-0.25, -0.2) is 0 Å². The number of anilines is 1. The molecule has 1 aromatic heterocycles. The molecular weight excluding hydrogens is 249 g/mol. The first-order valence-electron chi connectivity index (χ1n) is 4.52. The summed E-state index contributed by atoms with van der Waals surface area (Å²) >= 11 is 11.9. The quantitative estimate of drug-likeness (QED) is 0.774. The first kappa shape index (κ1) is 11.3. The number of rotatable bonds is 2. The van der Waals surface area contributed by atoms with Gasteiger partial charge in [0.1, 0.15) is 11.9 Å². The Morgan fingerprint density at radius 1 is 1.31 bits per heavy atom. The molecule has 4 nitrogen and oxygen atoms in total. The van der Waals surface area contributed by atoms with Gasteiger partial charge >= 0.3 is 0 Å². The highest BCUT2D eigenvalue weighted by Crippen LogP contribution is 2.34. The largest absolute Gasteiger partial charge is 0.384 e. The summed E-state index contributed by atoms with van der Waals surface area (Å²) in [5.41, 5.74) is 6.59. The summed E-state index contributed by atoms with van der Waals surface area (Å²) in [7, 11) is 0. The number of H-pyrrole nitrogens is 1. The molecule has 1 unspecified atom stereocenters. The Balaban J connectivity index is 2.46. The van der Waals surface area contributed by atoms with Crippen molar-refractivity contribution in [3.63, 3.8) is 0 Å². The highest BCUT2D eigenvalue weighted by Gasteiger charge is 2.18. The lowest BCUT2D eigenvalue weighted by Crippen LogP contribution is -2.02. The minimum Gasteiger partial charge on any atom is -0.384 e. The second kappa shape index (κ2) is 4.33. The molecular formula is C10H9Cl2N3O. The van der Waals surface area contributed by atoms with Crippen LogP contribution in [-0.2, 0) is 0 Å². The van der Waals surface area contributed by atoms with Gasteiger partial charge in [0.25, 0.3) is 0 Å². The van der Waals surface area contributed by atoms with Crippen molar-refractivity contribution in [1.82, 2.24) is 10.2 Å². The van der Waals surface area contributed by atoms with E-state index in [0.717, 1.165) is 0 Å². The van der Waals surface area contributed by atoms with Gasteiger partial charge in [0.2, 0.25) is 0 Å². The van der Waals surface area contributed by atoms with E-state index in [2.05, 4.69) is 10.2 Å². The maximum absolute atomic E-state index is 10.1. The molecule has 0 radical (unpaired) electrons. The zero-order chi connectivity index (χ0) is 11.7. The van der Waals surface area contributed by atoms with Gasteiger partial charge in [-0.05, 0) is 6.07 Å². The molecule has 16 heavy (non-hydrogen) atoms. The molecule has 1 atom stereocenters. The van der Waals surface area contributed by atoms with Crippen molar-refractivity contribution in [2.24, 2.45) is 0 Å². The molecule has 6 heteroatoms. The van der Waals surface area contributed by atoms with E-state index >= 15 is 0 Å². The van der Waals surface area contributed by atoms with E-state index in [0.29, 0.717) is 27.0 Å². The minimum absolute atomic E-state index is 0.309. The second-order valence-corrected chi connectivity index (χ2v) is 4.07. The van der Waals surface area contributed by atoms with Crippen LogP contribution in [-0.4, -0.2) is 15.3 Å². The summed E-state index contributed by atoms with van der Waals surface area (Å²) in [6.45, 7) is 0. The Labute approximate surface area is 102 Å². The van der Waals surface area contributed by atoms with Crippen LogP contribution in [0.15, 0.2) is 24.4 Å². The van der Waals surface area contributed by atoms with Crippen LogP contribution in [0, 0.1) is 0 Å². The molecule has 2 aromatic rings. The lowest BCUT2D eigenvalue weighted by Gasteiger charge is -2.12. The number of aromatic amines is 1. The SMILES string of the molecule is Nc1[nH]ncc1C(O)c1cccc(Cl)c1Cl. The van der Waals surface area contributed by atoms with Gasteiger partial charge in [0.15, 0.2) is 0 Å². The summed E-state index contributed by atoms with van der Waals surface area (Å²) in [6, 6.07) is 5.05. The van der Waals surface area contributed by atoms with E-state index in [1.54, 1.807) is 18.2 Å². The topological polar surface area (TPSA) is 74.9 Å². The number of hydrogen-bond donors (Lipinski definition) is 3. The summed E-state index contributed by atoms with van der Waals surface area (Å²) in [5, 5.41) is 17.1. The van der Waals surface area contributed by atoms with Crippen LogP contribution in [0.4, 0.5) is 5.82 Å². The number of benzene rings is 1. The van der Waals surface area contributed by atoms with Crippen molar-refractivity contribution in [2.75, 3.05) is 5.73 Å². The molecule has 2 rings (SSSR count). The molecule has 0 aliphatic carbocycles. The number of halogens is 2. The van der Waals surface area contributed by atoms with Crippen molar-refractivity contribution in [3.8, 4) is 0 Å². The number of nitrogens with one attached hydrogen (secondary N) is 1. The Kier molecular flexibility index (Phi) is 3.05. The lowest BCUT2D eigenvalue weighted by atomic mass is 10.0. The molecule has 4 N–H and O–H groups in total. The third-order valence-electron chi connectivity index (χ3n) is 2.27. The van der Waals surface area contributed by atoms with E-state index < -0.39 is 6.10 Å². The van der Waals surface area contributed by atoms with Crippen molar-refractivity contribution in [1.29, 1.82) is 0 Å². The minimum atomic E-state index is -0.940. The van der Waals surface area contributed by atoms with Gasteiger partial charge < -0.3 is 10.8 Å². The fourth-order valence-corrected chi connectivity index (χ4v) is 1.83. The maximum Gasteiger partial charge on any atom is 0.125 e. The number of nitrogens with two attached hydrogens (primary N) is 1. The molecule has 84 valence electrons. The van der Waals surface area contributed by atoms with E-state index in [1.165, 1.54) is 6.20 Å². The molecule has 1 heterocycles. The Bertz CT molecular complexity index is 513. The Hall–Kier alpha value is -1.23. The number of nitrogens with zero attached hydrogens (tertiary/aromatic N) is 1. The zero-order valence-corrected chi connectivity index (χ0v) is 9.63. The van der Waals surface area contributed by atoms with Crippen LogP contribution in [0.1, 0.15) is 17.2 Å². The fourth-order valence-electron chi connectivity index (χ4n) is 1.42. The third kappa shape index (κ3) is 1.87. The molecule has 0 aliphatic heterocycles. The molecule has 0 bridgehead atoms. The smallest absolute Gasteiger partial charge is 0.125 e. The van der Waals surface area contributed by atoms with E-state index in [1.807, 2.05) is 0 Å². The van der Waals surface area contributed by atoms with Crippen LogP contribution < -0.4 is 5.73 Å². The predicted octanol–water partition coefficient (Wildman–Crippen LogP) is 2.38. The molecule has 1 aromatic carbocycles. The van der Waals surface area contributed by atoms with Crippen molar-refractivity contribution < 1.29 is 5.11 Å². The standard InChI is InChI=1S/C10H9Cl2N3O/c11-7-3-1-2-5(8(7)12)9(16)6-4-14-15-10(6)13/h1-4,9,16H,(H3,13,14,15). The number of hydrogen-bond acceptors (Lipinski definition) is 3. The molecule has 0 fully saturated rings. The highest BCUT2D eigenvalue weighted by atomic mass is 35.5. The molecule has 0 amide bonds. The highest BCUT2D eigenvalue weighted by molar-refractivity contribution is 6.42. The predicted molar refractivity (Wildman–Crippen MR) is 63.5 cm³/mol. The molecule has 0 aliphatic rings. The van der Waals surface area contributed by atoms with Crippen LogP contribution >= 0.6 is 23.2 Å². The van der Waals surface area contributed by atoms with Gasteiger partial charge in [0, 0.05) is 11.1 Å². The van der Waals surface area contributed by atoms with E-state index in [4.69, 9.17) is 28.9 Å². The summed E-state index contributed by atoms with van der Waals surface area (Å²) < 4.78 is 0. The van der Waals surface area contributed by atoms with Gasteiger partial charge in [-0.3, -0.25) is 5.10 Å². The van der Waals surface area contributed by atoms with E-state index in [9.17, 15) is 5.11 Å². The second-order valence-electron chi connectivity index (χ2n) is 3.28. The third-order valence-corrected chi connectivity index (χ3v) is 3.10. The zero-order valence-electron chi connectivity index (χ0n) is 8.11. The van der Waals surface area contributed by atoms with Crippen LogP contribution in [0.2, 0.25) is 10.0 Å². The molecule has 0 saturated heterocycles. The van der Waals surface area contributed by atoms with Gasteiger partial charge in [-0.15, -0.1) is 0 Å².